The van der Waals surface area contributed by atoms with E-state index in [1.165, 1.54) is 0 Å². The second-order valence-electron chi connectivity index (χ2n) is 5.73. The van der Waals surface area contributed by atoms with Gasteiger partial charge in [0.05, 0.1) is 28.4 Å². The maximum Gasteiger partial charge on any atom is 0.122 e. The summed E-state index contributed by atoms with van der Waals surface area (Å²) < 4.78 is 10.7. The molecule has 0 unspecified atom stereocenters. The van der Waals surface area contributed by atoms with Crippen LogP contribution in [0.1, 0.15) is 18.6 Å². The van der Waals surface area contributed by atoms with Gasteiger partial charge in [0.2, 0.25) is 0 Å². The van der Waals surface area contributed by atoms with Gasteiger partial charge in [-0.25, -0.2) is 0 Å². The summed E-state index contributed by atoms with van der Waals surface area (Å²) in [5.74, 6) is 1.33. The molecule has 0 aliphatic heterocycles. The molecule has 108 valence electrons. The molecule has 0 saturated heterocycles. The molecule has 1 rings (SSSR count). The molecule has 0 aliphatic rings. The highest BCUT2D eigenvalue weighted by molar-refractivity contribution is 6.89. The Labute approximate surface area is 116 Å². The van der Waals surface area contributed by atoms with Gasteiger partial charge in [-0.1, -0.05) is 19.6 Å². The van der Waals surface area contributed by atoms with Crippen molar-refractivity contribution in [3.05, 3.63) is 17.7 Å². The van der Waals surface area contributed by atoms with E-state index in [1.54, 1.807) is 27.2 Å². The molecule has 5 heteroatoms. The molecule has 0 spiro atoms. The lowest BCUT2D eigenvalue weighted by molar-refractivity contribution is 0.0309. The molecule has 0 aliphatic carbocycles. The Morgan fingerprint density at radius 3 is 2.00 bits per heavy atom. The zero-order valence-electron chi connectivity index (χ0n) is 12.5. The Balaban J connectivity index is 3.55. The minimum atomic E-state index is -1.74. The van der Waals surface area contributed by atoms with Crippen LogP contribution in [0.3, 0.4) is 0 Å². The fourth-order valence-corrected chi connectivity index (χ4v) is 4.18. The van der Waals surface area contributed by atoms with Crippen LogP contribution in [-0.4, -0.2) is 38.6 Å². The van der Waals surface area contributed by atoms with Crippen LogP contribution < -0.4 is 14.7 Å². The number of aliphatic hydroxyl groups is 2. The van der Waals surface area contributed by atoms with E-state index in [9.17, 15) is 10.2 Å². The summed E-state index contributed by atoms with van der Waals surface area (Å²) in [7, 11) is 1.44. The SMILES string of the molecule is COc1cc(OC)c([Si](C)(C)C)c([C@@H](O)[C@H](C)O)c1. The fourth-order valence-electron chi connectivity index (χ4n) is 2.19. The zero-order valence-corrected chi connectivity index (χ0v) is 13.5. The molecule has 0 amide bonds. The van der Waals surface area contributed by atoms with E-state index in [1.807, 2.05) is 6.07 Å². The first-order chi connectivity index (χ1) is 8.72. The van der Waals surface area contributed by atoms with Gasteiger partial charge in [0.25, 0.3) is 0 Å². The Morgan fingerprint density at radius 1 is 1.05 bits per heavy atom. The topological polar surface area (TPSA) is 58.9 Å². The van der Waals surface area contributed by atoms with Crippen molar-refractivity contribution in [3.8, 4) is 11.5 Å². The monoisotopic (exact) mass is 284 g/mol. The zero-order chi connectivity index (χ0) is 14.8. The number of ether oxygens (including phenoxy) is 2. The number of hydrogen-bond acceptors (Lipinski definition) is 4. The first-order valence-electron chi connectivity index (χ1n) is 6.35. The van der Waals surface area contributed by atoms with Crippen LogP contribution in [0.4, 0.5) is 0 Å². The minimum Gasteiger partial charge on any atom is -0.497 e. The Bertz CT molecular complexity index is 438. The van der Waals surface area contributed by atoms with E-state index in [4.69, 9.17) is 9.47 Å². The molecule has 1 aromatic rings. The summed E-state index contributed by atoms with van der Waals surface area (Å²) in [4.78, 5) is 0. The van der Waals surface area contributed by atoms with Gasteiger partial charge < -0.3 is 19.7 Å². The second kappa shape index (κ2) is 5.94. The molecule has 0 heterocycles. The van der Waals surface area contributed by atoms with E-state index in [-0.39, 0.29) is 0 Å². The number of benzene rings is 1. The van der Waals surface area contributed by atoms with E-state index in [0.29, 0.717) is 17.1 Å². The smallest absolute Gasteiger partial charge is 0.122 e. The maximum absolute atomic E-state index is 10.2. The molecule has 2 atom stereocenters. The third kappa shape index (κ3) is 3.49. The van der Waals surface area contributed by atoms with Crippen LogP contribution in [0, 0.1) is 0 Å². The second-order valence-corrected chi connectivity index (χ2v) is 10.7. The predicted molar refractivity (Wildman–Crippen MR) is 79.2 cm³/mol. The van der Waals surface area contributed by atoms with Gasteiger partial charge in [0.1, 0.15) is 17.6 Å². The highest BCUT2D eigenvalue weighted by atomic mass is 28.3. The number of hydrogen-bond donors (Lipinski definition) is 2. The maximum atomic E-state index is 10.2. The molecular weight excluding hydrogens is 260 g/mol. The summed E-state index contributed by atoms with van der Waals surface area (Å²) in [5.41, 5.74) is 0.699. The Kier molecular flexibility index (Phi) is 5.01. The summed E-state index contributed by atoms with van der Waals surface area (Å²) >= 11 is 0. The molecule has 2 N–H and O–H groups in total. The van der Waals surface area contributed by atoms with Crippen LogP contribution in [0.25, 0.3) is 0 Å². The normalized spacial score (nSPS) is 14.9. The van der Waals surface area contributed by atoms with E-state index >= 15 is 0 Å². The summed E-state index contributed by atoms with van der Waals surface area (Å²) in [6, 6.07) is 3.61. The third-order valence-corrected chi connectivity index (χ3v) is 5.12. The van der Waals surface area contributed by atoms with E-state index < -0.39 is 20.3 Å². The molecule has 0 saturated carbocycles. The first kappa shape index (κ1) is 16.0. The molecule has 0 bridgehead atoms. The van der Waals surface area contributed by atoms with Crippen molar-refractivity contribution in [1.82, 2.24) is 0 Å². The molecule has 0 aromatic heterocycles. The van der Waals surface area contributed by atoms with Crippen LogP contribution in [0.5, 0.6) is 11.5 Å². The van der Waals surface area contributed by atoms with Crippen LogP contribution in [-0.2, 0) is 0 Å². The summed E-state index contributed by atoms with van der Waals surface area (Å²) in [6.45, 7) is 8.10. The average Bonchev–Trinajstić information content (AvgIpc) is 2.34. The van der Waals surface area contributed by atoms with Crippen molar-refractivity contribution in [2.24, 2.45) is 0 Å². The largest absolute Gasteiger partial charge is 0.497 e. The van der Waals surface area contributed by atoms with E-state index in [0.717, 1.165) is 5.19 Å². The van der Waals surface area contributed by atoms with Crippen LogP contribution in [0.2, 0.25) is 19.6 Å². The molecule has 0 fully saturated rings. The van der Waals surface area contributed by atoms with Crippen molar-refractivity contribution in [2.45, 2.75) is 38.8 Å². The summed E-state index contributed by atoms with van der Waals surface area (Å²) in [6.07, 6.45) is -1.78. The minimum absolute atomic E-state index is 0.619. The molecule has 0 radical (unpaired) electrons. The average molecular weight is 284 g/mol. The van der Waals surface area contributed by atoms with Crippen molar-refractivity contribution >= 4 is 13.3 Å². The Morgan fingerprint density at radius 2 is 1.63 bits per heavy atom. The van der Waals surface area contributed by atoms with Crippen molar-refractivity contribution < 1.29 is 19.7 Å². The van der Waals surface area contributed by atoms with Gasteiger partial charge in [-0.05, 0) is 23.7 Å². The van der Waals surface area contributed by atoms with Gasteiger partial charge in [0, 0.05) is 6.07 Å². The summed E-state index contributed by atoms with van der Waals surface area (Å²) in [5, 5.41) is 20.9. The van der Waals surface area contributed by atoms with Gasteiger partial charge >= 0.3 is 0 Å². The standard InChI is InChI=1S/C14H24O4Si/c1-9(15)13(16)11-7-10(17-2)8-12(18-3)14(11)19(4,5)6/h7-9,13,15-16H,1-6H3/t9-,13-/m0/s1. The van der Waals surface area contributed by atoms with Crippen molar-refractivity contribution in [2.75, 3.05) is 14.2 Å². The highest BCUT2D eigenvalue weighted by Crippen LogP contribution is 2.29. The molecule has 4 nitrogen and oxygen atoms in total. The molecule has 19 heavy (non-hydrogen) atoms. The molecular formula is C14H24O4Si. The van der Waals surface area contributed by atoms with Crippen molar-refractivity contribution in [3.63, 3.8) is 0 Å². The lowest BCUT2D eigenvalue weighted by atomic mass is 10.0. The number of aliphatic hydroxyl groups excluding tert-OH is 2. The van der Waals surface area contributed by atoms with E-state index in [2.05, 4.69) is 19.6 Å². The first-order valence-corrected chi connectivity index (χ1v) is 9.85. The van der Waals surface area contributed by atoms with Crippen LogP contribution >= 0.6 is 0 Å². The quantitative estimate of drug-likeness (QED) is 0.808. The van der Waals surface area contributed by atoms with Gasteiger partial charge in [0.15, 0.2) is 0 Å². The van der Waals surface area contributed by atoms with Gasteiger partial charge in [-0.2, -0.15) is 0 Å². The van der Waals surface area contributed by atoms with Crippen LogP contribution in [0.15, 0.2) is 12.1 Å². The Hall–Kier alpha value is -1.04. The molecule has 1 aromatic carbocycles. The third-order valence-electron chi connectivity index (χ3n) is 3.09. The fraction of sp³-hybridized carbons (Fsp3) is 0.571. The highest BCUT2D eigenvalue weighted by Gasteiger charge is 2.30. The van der Waals surface area contributed by atoms with Gasteiger partial charge in [-0.15, -0.1) is 0 Å². The number of methoxy groups -OCH3 is 2. The van der Waals surface area contributed by atoms with Gasteiger partial charge in [-0.3, -0.25) is 0 Å². The van der Waals surface area contributed by atoms with Crippen molar-refractivity contribution in [1.29, 1.82) is 0 Å². The lowest BCUT2D eigenvalue weighted by Gasteiger charge is -2.28. The predicted octanol–water partition coefficient (Wildman–Crippen LogP) is 1.66. The lowest BCUT2D eigenvalue weighted by Crippen LogP contribution is -2.42. The number of rotatable bonds is 5.